The van der Waals surface area contributed by atoms with Gasteiger partial charge < -0.3 is 18.6 Å². The third-order valence-electron chi connectivity index (χ3n) is 10.3. The van der Waals surface area contributed by atoms with Gasteiger partial charge >= 0.3 is 0 Å². The smallest absolute Gasteiger partial charge is 0.227 e. The summed E-state index contributed by atoms with van der Waals surface area (Å²) in [5, 5.41) is 4.57. The number of para-hydroxylation sites is 3. The maximum atomic E-state index is 6.78. The van der Waals surface area contributed by atoms with Gasteiger partial charge in [-0.3, -0.25) is 0 Å². The highest BCUT2D eigenvalue weighted by atomic mass is 32.1. The number of nitrogens with zero attached hydrogens (tertiary/aromatic N) is 3. The number of benzene rings is 8. The summed E-state index contributed by atoms with van der Waals surface area (Å²) in [6.45, 7) is 0. The number of aromatic nitrogens is 1. The van der Waals surface area contributed by atoms with Crippen LogP contribution in [0.1, 0.15) is 0 Å². The lowest BCUT2D eigenvalue weighted by atomic mass is 10.1. The van der Waals surface area contributed by atoms with Gasteiger partial charge in [0.1, 0.15) is 16.7 Å². The van der Waals surface area contributed by atoms with Crippen molar-refractivity contribution < 1.29 is 8.83 Å². The van der Waals surface area contributed by atoms with E-state index in [0.717, 1.165) is 67.1 Å². The van der Waals surface area contributed by atoms with E-state index in [-0.39, 0.29) is 0 Å². The van der Waals surface area contributed by atoms with Crippen LogP contribution in [-0.4, -0.2) is 4.98 Å². The van der Waals surface area contributed by atoms with Crippen LogP contribution >= 0.6 is 11.3 Å². The summed E-state index contributed by atoms with van der Waals surface area (Å²) in [5.41, 5.74) is 9.96. The fraction of sp³-hybridized carbons (Fsp3) is 0. The molecule has 0 fully saturated rings. The predicted octanol–water partition coefficient (Wildman–Crippen LogP) is 14.7. The van der Waals surface area contributed by atoms with Crippen LogP contribution in [0.2, 0.25) is 0 Å². The van der Waals surface area contributed by atoms with E-state index in [4.69, 9.17) is 13.8 Å². The van der Waals surface area contributed by atoms with E-state index in [2.05, 4.69) is 149 Å². The number of thiophene rings is 1. The van der Waals surface area contributed by atoms with Crippen LogP contribution in [0.3, 0.4) is 0 Å². The zero-order valence-corrected chi connectivity index (χ0v) is 30.3. The minimum Gasteiger partial charge on any atom is -0.456 e. The average molecular weight is 726 g/mol. The summed E-state index contributed by atoms with van der Waals surface area (Å²) in [5.74, 6) is 0.566. The van der Waals surface area contributed by atoms with Crippen molar-refractivity contribution in [3.63, 3.8) is 0 Å². The Balaban J connectivity index is 1.24. The summed E-state index contributed by atoms with van der Waals surface area (Å²) in [6, 6.07) is 65.3. The lowest BCUT2D eigenvalue weighted by molar-refractivity contribution is 0.620. The molecule has 0 unspecified atom stereocenters. The molecule has 0 aliphatic carbocycles. The molecule has 55 heavy (non-hydrogen) atoms. The van der Waals surface area contributed by atoms with Crippen molar-refractivity contribution in [3.05, 3.63) is 188 Å². The predicted molar refractivity (Wildman–Crippen MR) is 229 cm³/mol. The van der Waals surface area contributed by atoms with Crippen LogP contribution in [0.15, 0.2) is 197 Å². The molecule has 0 radical (unpaired) electrons. The first-order valence-electron chi connectivity index (χ1n) is 18.3. The van der Waals surface area contributed by atoms with Gasteiger partial charge in [-0.2, -0.15) is 0 Å². The zero-order valence-electron chi connectivity index (χ0n) is 29.5. The molecule has 260 valence electrons. The molecule has 6 heteroatoms. The largest absolute Gasteiger partial charge is 0.456 e. The van der Waals surface area contributed by atoms with E-state index in [1.807, 2.05) is 59.9 Å². The monoisotopic (exact) mass is 725 g/mol. The molecule has 3 aromatic heterocycles. The van der Waals surface area contributed by atoms with Crippen LogP contribution in [0, 0.1) is 0 Å². The Hall–Kier alpha value is -7.15. The van der Waals surface area contributed by atoms with Gasteiger partial charge in [0, 0.05) is 43.9 Å². The molecule has 0 spiro atoms. The van der Waals surface area contributed by atoms with Crippen molar-refractivity contribution >= 4 is 98.7 Å². The van der Waals surface area contributed by atoms with Crippen molar-refractivity contribution in [1.29, 1.82) is 0 Å². The normalized spacial score (nSPS) is 11.6. The lowest BCUT2D eigenvalue weighted by Crippen LogP contribution is -2.14. The Morgan fingerprint density at radius 1 is 0.418 bits per heavy atom. The van der Waals surface area contributed by atoms with E-state index in [1.165, 1.54) is 20.2 Å². The van der Waals surface area contributed by atoms with E-state index in [1.54, 1.807) is 0 Å². The quantitative estimate of drug-likeness (QED) is 0.164. The Bertz CT molecular complexity index is 3170. The minimum atomic E-state index is 0.566. The van der Waals surface area contributed by atoms with Crippen molar-refractivity contribution in [2.75, 3.05) is 9.80 Å². The summed E-state index contributed by atoms with van der Waals surface area (Å²) in [7, 11) is 0. The second-order valence-electron chi connectivity index (χ2n) is 13.5. The maximum absolute atomic E-state index is 6.78. The molecule has 0 atom stereocenters. The molecule has 0 amide bonds. The molecule has 0 saturated carbocycles. The van der Waals surface area contributed by atoms with Gasteiger partial charge in [-0.15, -0.1) is 11.3 Å². The van der Waals surface area contributed by atoms with Crippen molar-refractivity contribution in [3.8, 4) is 11.5 Å². The van der Waals surface area contributed by atoms with Crippen LogP contribution in [0.4, 0.5) is 34.1 Å². The molecule has 0 N–H and O–H groups in total. The van der Waals surface area contributed by atoms with Gasteiger partial charge in [0.05, 0.1) is 32.8 Å². The summed E-state index contributed by atoms with van der Waals surface area (Å²) >= 11 is 1.81. The third kappa shape index (κ3) is 5.18. The van der Waals surface area contributed by atoms with E-state index in [0.29, 0.717) is 11.5 Å². The summed E-state index contributed by atoms with van der Waals surface area (Å²) in [6.07, 6.45) is 0. The van der Waals surface area contributed by atoms with E-state index < -0.39 is 0 Å². The number of anilines is 6. The zero-order chi connectivity index (χ0) is 36.3. The van der Waals surface area contributed by atoms with Gasteiger partial charge in [0.15, 0.2) is 5.58 Å². The maximum Gasteiger partial charge on any atom is 0.227 e. The fourth-order valence-electron chi connectivity index (χ4n) is 7.84. The number of rotatable bonds is 7. The van der Waals surface area contributed by atoms with E-state index >= 15 is 0 Å². The molecule has 0 aliphatic heterocycles. The topological polar surface area (TPSA) is 45.7 Å². The molecule has 0 saturated heterocycles. The van der Waals surface area contributed by atoms with Crippen molar-refractivity contribution in [2.45, 2.75) is 0 Å². The van der Waals surface area contributed by atoms with Gasteiger partial charge in [-0.25, -0.2) is 4.98 Å². The summed E-state index contributed by atoms with van der Waals surface area (Å²) in [4.78, 5) is 9.92. The molecule has 8 aromatic carbocycles. The van der Waals surface area contributed by atoms with Gasteiger partial charge in [-0.05, 0) is 72.8 Å². The molecule has 3 heterocycles. The van der Waals surface area contributed by atoms with Crippen LogP contribution in [0.5, 0.6) is 0 Å². The van der Waals surface area contributed by atoms with Gasteiger partial charge in [0.25, 0.3) is 0 Å². The number of hydrogen-bond donors (Lipinski definition) is 0. The highest BCUT2D eigenvalue weighted by Gasteiger charge is 2.26. The molecule has 11 rings (SSSR count). The van der Waals surface area contributed by atoms with Crippen molar-refractivity contribution in [1.82, 2.24) is 4.98 Å². The third-order valence-corrected chi connectivity index (χ3v) is 11.5. The fourth-order valence-corrected chi connectivity index (χ4v) is 9.05. The van der Waals surface area contributed by atoms with Crippen LogP contribution < -0.4 is 9.80 Å². The Morgan fingerprint density at radius 3 is 1.84 bits per heavy atom. The average Bonchev–Trinajstić information content (AvgIpc) is 3.97. The number of oxazole rings is 1. The SMILES string of the molecule is c1ccc(-c2nc3c(N(c4ccccc4)c4cccc5c4sc4ccccc45)cc(N(c4ccccc4)c4cccc5oc6ccccc6c45)cc3o2)cc1. The van der Waals surface area contributed by atoms with Gasteiger partial charge in [0.2, 0.25) is 5.89 Å². The first-order chi connectivity index (χ1) is 27.3. The Kier molecular flexibility index (Phi) is 7.28. The Labute approximate surface area is 320 Å². The number of fused-ring (bicyclic) bond motifs is 7. The molecule has 0 aliphatic rings. The van der Waals surface area contributed by atoms with E-state index in [9.17, 15) is 0 Å². The minimum absolute atomic E-state index is 0.566. The number of furan rings is 1. The standard InChI is InChI=1S/C49H31N3O2S/c1-4-16-32(17-5-1)49-50-47-41(52(34-20-8-3-9-21-34)40-26-14-24-37-36-22-11-13-29-45(36)55-48(37)40)30-35(31-44(47)54-49)51(33-18-6-2-7-19-33)39-25-15-28-43-46(39)38-23-10-12-27-42(38)53-43/h1-31H. The Morgan fingerprint density at radius 2 is 1.04 bits per heavy atom. The second-order valence-corrected chi connectivity index (χ2v) is 14.6. The second kappa shape index (κ2) is 12.8. The van der Waals surface area contributed by atoms with Crippen LogP contribution in [0.25, 0.3) is 64.7 Å². The molecular formula is C49H31N3O2S. The highest BCUT2D eigenvalue weighted by Crippen LogP contribution is 2.50. The molecule has 0 bridgehead atoms. The first kappa shape index (κ1) is 31.4. The number of hydrogen-bond acceptors (Lipinski definition) is 6. The lowest BCUT2D eigenvalue weighted by Gasteiger charge is -2.30. The molecule has 11 aromatic rings. The first-order valence-corrected chi connectivity index (χ1v) is 19.1. The van der Waals surface area contributed by atoms with Gasteiger partial charge in [-0.1, -0.05) is 109 Å². The van der Waals surface area contributed by atoms with Crippen LogP contribution in [-0.2, 0) is 0 Å². The molecule has 5 nitrogen and oxygen atoms in total. The molecular weight excluding hydrogens is 695 g/mol. The van der Waals surface area contributed by atoms with Crippen molar-refractivity contribution in [2.24, 2.45) is 0 Å². The highest BCUT2D eigenvalue weighted by molar-refractivity contribution is 7.26. The summed E-state index contributed by atoms with van der Waals surface area (Å²) < 4.78 is 15.6.